The topological polar surface area (TPSA) is 106 Å². The van der Waals surface area contributed by atoms with Gasteiger partial charge in [0.05, 0.1) is 4.90 Å². The van der Waals surface area contributed by atoms with Gasteiger partial charge < -0.3 is 10.2 Å². The highest BCUT2D eigenvalue weighted by Gasteiger charge is 2.29. The first kappa shape index (κ1) is 22.2. The average Bonchev–Trinajstić information content (AvgIpc) is 3.17. The minimum atomic E-state index is -3.63. The Morgan fingerprint density at radius 2 is 2.00 bits per heavy atom. The van der Waals surface area contributed by atoms with E-state index in [1.807, 2.05) is 32.0 Å². The fourth-order valence-electron chi connectivity index (χ4n) is 3.78. The van der Waals surface area contributed by atoms with Crippen LogP contribution < -0.4 is 10.2 Å². The molecule has 0 spiro atoms. The van der Waals surface area contributed by atoms with Crippen molar-refractivity contribution in [2.24, 2.45) is 5.92 Å². The molecule has 0 aliphatic carbocycles. The highest BCUT2D eigenvalue weighted by molar-refractivity contribution is 7.89. The summed E-state index contributed by atoms with van der Waals surface area (Å²) in [6.07, 6.45) is 1.88. The van der Waals surface area contributed by atoms with Gasteiger partial charge in [-0.1, -0.05) is 17.8 Å². The van der Waals surface area contributed by atoms with E-state index >= 15 is 0 Å². The van der Waals surface area contributed by atoms with Crippen LogP contribution in [0.3, 0.4) is 0 Å². The lowest BCUT2D eigenvalue weighted by Gasteiger charge is -2.30. The first-order chi connectivity index (χ1) is 15.2. The molecule has 0 bridgehead atoms. The van der Waals surface area contributed by atoms with Crippen LogP contribution >= 0.6 is 0 Å². The van der Waals surface area contributed by atoms with Gasteiger partial charge in [-0.15, -0.1) is 5.10 Å². The lowest BCUT2D eigenvalue weighted by Crippen LogP contribution is -2.39. The fourth-order valence-corrected chi connectivity index (χ4v) is 5.40. The predicted octanol–water partition coefficient (Wildman–Crippen LogP) is 2.54. The molecule has 1 unspecified atom stereocenters. The van der Waals surface area contributed by atoms with E-state index in [9.17, 15) is 13.2 Å². The zero-order valence-corrected chi connectivity index (χ0v) is 19.2. The summed E-state index contributed by atoms with van der Waals surface area (Å²) in [6, 6.07) is 10.3. The molecule has 170 valence electrons. The number of carbonyl (C=O) groups excluding carboxylic acids is 1. The molecule has 3 aromatic rings. The molecular weight excluding hydrogens is 430 g/mol. The molecule has 1 N–H and O–H groups in total. The third-order valence-corrected chi connectivity index (χ3v) is 7.61. The molecule has 1 saturated heterocycles. The number of hydrogen-bond donors (Lipinski definition) is 1. The summed E-state index contributed by atoms with van der Waals surface area (Å²) < 4.78 is 27.7. The van der Waals surface area contributed by atoms with E-state index in [1.54, 1.807) is 6.07 Å². The Balaban J connectivity index is 1.49. The molecule has 2 aromatic carbocycles. The van der Waals surface area contributed by atoms with Gasteiger partial charge in [-0.25, -0.2) is 8.42 Å². The van der Waals surface area contributed by atoms with Crippen LogP contribution in [-0.4, -0.2) is 53.5 Å². The SMILES string of the molecule is Cc1ccc(NC(=O)COn2nnc3ccc(S(=O)(=O)N4CCCC(C)C4)cc32)cc1C. The quantitative estimate of drug-likeness (QED) is 0.610. The summed E-state index contributed by atoms with van der Waals surface area (Å²) in [5.41, 5.74) is 3.75. The molecule has 0 radical (unpaired) electrons. The standard InChI is InChI=1S/C22H27N5O4S/c1-15-5-4-10-26(13-15)32(29,30)19-8-9-20-21(12-19)27(25-24-20)31-14-22(28)23-18-7-6-16(2)17(3)11-18/h6-9,11-12,15H,4-5,10,13-14H2,1-3H3,(H,23,28). The number of amides is 1. The molecule has 10 heteroatoms. The molecule has 1 aliphatic heterocycles. The number of rotatable bonds is 6. The van der Waals surface area contributed by atoms with Crippen LogP contribution in [0.1, 0.15) is 30.9 Å². The molecule has 1 aliphatic rings. The summed E-state index contributed by atoms with van der Waals surface area (Å²) in [6.45, 7) is 6.75. The van der Waals surface area contributed by atoms with Crippen molar-refractivity contribution in [2.45, 2.75) is 38.5 Å². The van der Waals surface area contributed by atoms with Gasteiger partial charge in [-0.2, -0.15) is 4.31 Å². The van der Waals surface area contributed by atoms with Crippen molar-refractivity contribution < 1.29 is 18.0 Å². The van der Waals surface area contributed by atoms with Crippen molar-refractivity contribution in [2.75, 3.05) is 25.0 Å². The molecule has 1 aromatic heterocycles. The molecule has 32 heavy (non-hydrogen) atoms. The van der Waals surface area contributed by atoms with Crippen LogP contribution in [0.4, 0.5) is 5.69 Å². The van der Waals surface area contributed by atoms with Gasteiger partial charge in [0.1, 0.15) is 11.0 Å². The Kier molecular flexibility index (Phi) is 6.16. The summed E-state index contributed by atoms with van der Waals surface area (Å²) in [4.78, 5) is 19.1. The van der Waals surface area contributed by atoms with Crippen LogP contribution in [0.25, 0.3) is 11.0 Å². The predicted molar refractivity (Wildman–Crippen MR) is 121 cm³/mol. The summed E-state index contributed by atoms with van der Waals surface area (Å²) >= 11 is 0. The number of aryl methyl sites for hydroxylation is 2. The van der Waals surface area contributed by atoms with E-state index in [4.69, 9.17) is 4.84 Å². The van der Waals surface area contributed by atoms with E-state index in [2.05, 4.69) is 22.6 Å². The lowest BCUT2D eigenvalue weighted by molar-refractivity contribution is -0.121. The first-order valence-electron chi connectivity index (χ1n) is 10.6. The number of carbonyl (C=O) groups is 1. The Hall–Kier alpha value is -2.98. The number of aromatic nitrogens is 3. The number of anilines is 1. The number of sulfonamides is 1. The van der Waals surface area contributed by atoms with Crippen molar-refractivity contribution in [1.29, 1.82) is 0 Å². The summed E-state index contributed by atoms with van der Waals surface area (Å²) in [7, 11) is -3.63. The molecule has 4 rings (SSSR count). The van der Waals surface area contributed by atoms with Crippen molar-refractivity contribution in [3.8, 4) is 0 Å². The van der Waals surface area contributed by atoms with Crippen LogP contribution in [0, 0.1) is 19.8 Å². The van der Waals surface area contributed by atoms with Crippen LogP contribution in [0.15, 0.2) is 41.3 Å². The second-order valence-corrected chi connectivity index (χ2v) is 10.3. The van der Waals surface area contributed by atoms with Gasteiger partial charge in [-0.05, 0) is 79.3 Å². The molecule has 2 heterocycles. The Labute approximate surface area is 187 Å². The van der Waals surface area contributed by atoms with E-state index in [1.165, 1.54) is 16.4 Å². The van der Waals surface area contributed by atoms with E-state index in [-0.39, 0.29) is 17.4 Å². The summed E-state index contributed by atoms with van der Waals surface area (Å²) in [5, 5.41) is 10.7. The van der Waals surface area contributed by atoms with Gasteiger partial charge in [0, 0.05) is 18.8 Å². The summed E-state index contributed by atoms with van der Waals surface area (Å²) in [5.74, 6) is -0.0309. The van der Waals surface area contributed by atoms with Crippen LogP contribution in [-0.2, 0) is 14.8 Å². The average molecular weight is 458 g/mol. The Morgan fingerprint density at radius 1 is 1.19 bits per heavy atom. The van der Waals surface area contributed by atoms with E-state index in [0.717, 1.165) is 28.8 Å². The minimum Gasteiger partial charge on any atom is -0.385 e. The van der Waals surface area contributed by atoms with Crippen LogP contribution in [0.2, 0.25) is 0 Å². The number of hydrogen-bond acceptors (Lipinski definition) is 6. The number of nitrogens with one attached hydrogen (secondary N) is 1. The maximum Gasteiger partial charge on any atom is 0.265 e. The van der Waals surface area contributed by atoms with Crippen molar-refractivity contribution in [3.63, 3.8) is 0 Å². The molecule has 1 amide bonds. The van der Waals surface area contributed by atoms with Gasteiger partial charge in [-0.3, -0.25) is 4.79 Å². The van der Waals surface area contributed by atoms with Gasteiger partial charge in [0.2, 0.25) is 10.0 Å². The molecule has 1 atom stereocenters. The number of piperidine rings is 1. The van der Waals surface area contributed by atoms with Crippen molar-refractivity contribution >= 4 is 32.7 Å². The normalized spacial score (nSPS) is 17.4. The Morgan fingerprint density at radius 3 is 2.75 bits per heavy atom. The highest BCUT2D eigenvalue weighted by atomic mass is 32.2. The zero-order valence-electron chi connectivity index (χ0n) is 18.4. The second kappa shape index (κ2) is 8.87. The maximum atomic E-state index is 13.1. The molecule has 0 saturated carbocycles. The van der Waals surface area contributed by atoms with Gasteiger partial charge in [0.25, 0.3) is 5.91 Å². The van der Waals surface area contributed by atoms with Crippen LogP contribution in [0.5, 0.6) is 0 Å². The highest BCUT2D eigenvalue weighted by Crippen LogP contribution is 2.25. The largest absolute Gasteiger partial charge is 0.385 e. The van der Waals surface area contributed by atoms with Crippen molar-refractivity contribution in [1.82, 2.24) is 19.5 Å². The van der Waals surface area contributed by atoms with E-state index in [0.29, 0.717) is 35.7 Å². The fraction of sp³-hybridized carbons (Fsp3) is 0.409. The molecule has 1 fully saturated rings. The lowest BCUT2D eigenvalue weighted by atomic mass is 10.0. The van der Waals surface area contributed by atoms with Gasteiger partial charge >= 0.3 is 0 Å². The third-order valence-electron chi connectivity index (χ3n) is 5.75. The first-order valence-corrected chi connectivity index (χ1v) is 12.0. The number of fused-ring (bicyclic) bond motifs is 1. The smallest absolute Gasteiger partial charge is 0.265 e. The minimum absolute atomic E-state index is 0.158. The Bertz CT molecular complexity index is 1250. The van der Waals surface area contributed by atoms with Crippen molar-refractivity contribution in [3.05, 3.63) is 47.5 Å². The maximum absolute atomic E-state index is 13.1. The zero-order chi connectivity index (χ0) is 22.9. The monoisotopic (exact) mass is 457 g/mol. The van der Waals surface area contributed by atoms with Gasteiger partial charge in [0.15, 0.2) is 6.61 Å². The third kappa shape index (κ3) is 4.61. The molecule has 9 nitrogen and oxygen atoms in total. The number of benzene rings is 2. The van der Waals surface area contributed by atoms with E-state index < -0.39 is 10.0 Å². The molecular formula is C22H27N5O4S. The number of nitrogens with zero attached hydrogens (tertiary/aromatic N) is 4. The second-order valence-electron chi connectivity index (χ2n) is 8.34.